The molecule has 1 saturated heterocycles. The lowest BCUT2D eigenvalue weighted by molar-refractivity contribution is 0.0941. The van der Waals surface area contributed by atoms with Crippen LogP contribution in [0, 0.1) is 0 Å². The van der Waals surface area contributed by atoms with Crippen molar-refractivity contribution in [1.82, 2.24) is 4.90 Å². The maximum atomic E-state index is 12.3. The zero-order valence-electron chi connectivity index (χ0n) is 13.5. The number of rotatable bonds is 7. The van der Waals surface area contributed by atoms with Crippen molar-refractivity contribution in [3.05, 3.63) is 29.8 Å². The molecule has 1 heterocycles. The van der Waals surface area contributed by atoms with Crippen LogP contribution in [-0.4, -0.2) is 49.1 Å². The molecule has 1 aliphatic heterocycles. The highest BCUT2D eigenvalue weighted by molar-refractivity contribution is 5.99. The van der Waals surface area contributed by atoms with Crippen molar-refractivity contribution in [2.75, 3.05) is 31.1 Å². The van der Waals surface area contributed by atoms with Crippen LogP contribution in [0.1, 0.15) is 37.6 Å². The van der Waals surface area contributed by atoms with Crippen molar-refractivity contribution in [3.63, 3.8) is 0 Å². The molecule has 1 amide bonds. The van der Waals surface area contributed by atoms with E-state index in [4.69, 9.17) is 4.74 Å². The summed E-state index contributed by atoms with van der Waals surface area (Å²) in [6.07, 6.45) is 0.292. The fourth-order valence-corrected chi connectivity index (χ4v) is 2.63. The van der Waals surface area contributed by atoms with Crippen LogP contribution in [0.25, 0.3) is 0 Å². The van der Waals surface area contributed by atoms with Gasteiger partial charge in [-0.15, -0.1) is 0 Å². The average Bonchev–Trinajstić information content (AvgIpc) is 2.89. The molecule has 0 N–H and O–H groups in total. The molecule has 0 saturated carbocycles. The fourth-order valence-electron chi connectivity index (χ4n) is 2.63. The maximum absolute atomic E-state index is 12.3. The van der Waals surface area contributed by atoms with Gasteiger partial charge in [0, 0.05) is 24.3 Å². The monoisotopic (exact) mass is 304 g/mol. The molecular formula is C17H24N2O3. The van der Waals surface area contributed by atoms with Crippen LogP contribution in [0.2, 0.25) is 0 Å². The Bertz CT molecular complexity index is 523. The summed E-state index contributed by atoms with van der Waals surface area (Å²) < 4.78 is 5.17. The number of ether oxygens (including phenoxy) is 1. The minimum absolute atomic E-state index is 0.0557. The first-order valence-electron chi connectivity index (χ1n) is 7.92. The van der Waals surface area contributed by atoms with Gasteiger partial charge in [0.05, 0.1) is 13.1 Å². The van der Waals surface area contributed by atoms with Gasteiger partial charge in [-0.25, -0.2) is 4.79 Å². The summed E-state index contributed by atoms with van der Waals surface area (Å²) in [6, 6.07) is 7.57. The van der Waals surface area contributed by atoms with Gasteiger partial charge in [-0.3, -0.25) is 9.69 Å². The molecule has 1 fully saturated rings. The molecule has 5 heteroatoms. The van der Waals surface area contributed by atoms with Gasteiger partial charge in [0.25, 0.3) is 0 Å². The van der Waals surface area contributed by atoms with E-state index in [2.05, 4.69) is 18.7 Å². The molecule has 0 bridgehead atoms. The van der Waals surface area contributed by atoms with Gasteiger partial charge in [-0.1, -0.05) is 6.92 Å². The number of Topliss-reactive ketones (excluding diaryl/α,β-unsaturated/α-hetero) is 1. The van der Waals surface area contributed by atoms with Gasteiger partial charge in [0.1, 0.15) is 6.10 Å². The van der Waals surface area contributed by atoms with Crippen LogP contribution >= 0.6 is 0 Å². The van der Waals surface area contributed by atoms with E-state index in [0.717, 1.165) is 25.2 Å². The van der Waals surface area contributed by atoms with Gasteiger partial charge in [0.15, 0.2) is 5.78 Å². The molecule has 1 aromatic rings. The lowest BCUT2D eigenvalue weighted by Gasteiger charge is -2.21. The summed E-state index contributed by atoms with van der Waals surface area (Å²) in [5.74, 6) is -0.0557. The van der Waals surface area contributed by atoms with E-state index in [1.807, 2.05) is 31.2 Å². The Morgan fingerprint density at radius 2 is 1.86 bits per heavy atom. The lowest BCUT2D eigenvalue weighted by Crippen LogP contribution is -2.31. The number of hydrogen-bond acceptors (Lipinski definition) is 4. The maximum Gasteiger partial charge on any atom is 0.410 e. The normalized spacial score (nSPS) is 17.5. The quantitative estimate of drug-likeness (QED) is 0.727. The topological polar surface area (TPSA) is 49.9 Å². The van der Waals surface area contributed by atoms with Crippen molar-refractivity contribution in [2.24, 2.45) is 0 Å². The zero-order valence-corrected chi connectivity index (χ0v) is 13.5. The van der Waals surface area contributed by atoms with Gasteiger partial charge < -0.3 is 9.64 Å². The van der Waals surface area contributed by atoms with Crippen LogP contribution in [-0.2, 0) is 4.74 Å². The Morgan fingerprint density at radius 3 is 2.36 bits per heavy atom. The number of ketones is 1. The van der Waals surface area contributed by atoms with Gasteiger partial charge in [-0.2, -0.15) is 0 Å². The third-order valence-electron chi connectivity index (χ3n) is 4.06. The number of anilines is 1. The predicted octanol–water partition coefficient (Wildman–Crippen LogP) is 2.95. The van der Waals surface area contributed by atoms with Crippen LogP contribution in [0.5, 0.6) is 0 Å². The van der Waals surface area contributed by atoms with E-state index in [1.165, 1.54) is 4.90 Å². The highest BCUT2D eigenvalue weighted by atomic mass is 16.6. The molecule has 0 aliphatic carbocycles. The Labute approximate surface area is 131 Å². The molecule has 1 aliphatic rings. The standard InChI is InChI=1S/C17H24N2O3/c1-4-15-11-19(17(21)22-15)12-16(20)13-7-9-14(10-8-13)18(5-2)6-3/h7-10,15H,4-6,11-12H2,1-3H3. The van der Waals surface area contributed by atoms with Crippen molar-refractivity contribution in [3.8, 4) is 0 Å². The van der Waals surface area contributed by atoms with Gasteiger partial charge in [-0.05, 0) is 44.5 Å². The first-order valence-corrected chi connectivity index (χ1v) is 7.92. The molecule has 0 radical (unpaired) electrons. The van der Waals surface area contributed by atoms with Crippen LogP contribution in [0.4, 0.5) is 10.5 Å². The zero-order chi connectivity index (χ0) is 16.1. The summed E-state index contributed by atoms with van der Waals surface area (Å²) in [5, 5.41) is 0. The number of amides is 1. The second-order valence-electron chi connectivity index (χ2n) is 5.44. The predicted molar refractivity (Wildman–Crippen MR) is 86.5 cm³/mol. The van der Waals surface area contributed by atoms with E-state index in [9.17, 15) is 9.59 Å². The number of cyclic esters (lactones) is 1. The van der Waals surface area contributed by atoms with Crippen molar-refractivity contribution < 1.29 is 14.3 Å². The second kappa shape index (κ2) is 7.29. The molecule has 1 unspecified atom stereocenters. The van der Waals surface area contributed by atoms with Crippen molar-refractivity contribution in [2.45, 2.75) is 33.3 Å². The van der Waals surface area contributed by atoms with Crippen LogP contribution in [0.3, 0.4) is 0 Å². The van der Waals surface area contributed by atoms with Gasteiger partial charge in [0.2, 0.25) is 0 Å². The third kappa shape index (κ3) is 3.59. The SMILES string of the molecule is CCC1CN(CC(=O)c2ccc(N(CC)CC)cc2)C(=O)O1. The Hall–Kier alpha value is -2.04. The number of hydrogen-bond donors (Lipinski definition) is 0. The first-order chi connectivity index (χ1) is 10.6. The largest absolute Gasteiger partial charge is 0.444 e. The molecule has 0 aromatic heterocycles. The number of carbonyl (C=O) groups is 2. The average molecular weight is 304 g/mol. The lowest BCUT2D eigenvalue weighted by atomic mass is 10.1. The molecule has 1 atom stereocenters. The minimum Gasteiger partial charge on any atom is -0.444 e. The molecule has 1 aromatic carbocycles. The Balaban J connectivity index is 2.00. The van der Waals surface area contributed by atoms with Gasteiger partial charge >= 0.3 is 6.09 Å². The molecular weight excluding hydrogens is 280 g/mol. The highest BCUT2D eigenvalue weighted by Crippen LogP contribution is 2.17. The van der Waals surface area contributed by atoms with Crippen molar-refractivity contribution in [1.29, 1.82) is 0 Å². The van der Waals surface area contributed by atoms with Crippen molar-refractivity contribution >= 4 is 17.6 Å². The highest BCUT2D eigenvalue weighted by Gasteiger charge is 2.31. The van der Waals surface area contributed by atoms with E-state index in [-0.39, 0.29) is 24.5 Å². The van der Waals surface area contributed by atoms with E-state index in [1.54, 1.807) is 0 Å². The molecule has 2 rings (SSSR count). The van der Waals surface area contributed by atoms with E-state index < -0.39 is 0 Å². The molecule has 5 nitrogen and oxygen atoms in total. The smallest absolute Gasteiger partial charge is 0.410 e. The summed E-state index contributed by atoms with van der Waals surface area (Å²) in [6.45, 7) is 8.62. The number of nitrogens with zero attached hydrogens (tertiary/aromatic N) is 2. The van der Waals surface area contributed by atoms with Crippen LogP contribution < -0.4 is 4.90 Å². The summed E-state index contributed by atoms with van der Waals surface area (Å²) in [4.78, 5) is 27.7. The summed E-state index contributed by atoms with van der Waals surface area (Å²) >= 11 is 0. The Kier molecular flexibility index (Phi) is 5.41. The minimum atomic E-state index is -0.389. The van der Waals surface area contributed by atoms with E-state index >= 15 is 0 Å². The fraction of sp³-hybridized carbons (Fsp3) is 0.529. The van der Waals surface area contributed by atoms with Crippen LogP contribution in [0.15, 0.2) is 24.3 Å². The summed E-state index contributed by atoms with van der Waals surface area (Å²) in [5.41, 5.74) is 1.73. The number of benzene rings is 1. The molecule has 22 heavy (non-hydrogen) atoms. The molecule has 0 spiro atoms. The summed E-state index contributed by atoms with van der Waals surface area (Å²) in [7, 11) is 0. The van der Waals surface area contributed by atoms with E-state index in [0.29, 0.717) is 12.1 Å². The molecule has 120 valence electrons. The third-order valence-corrected chi connectivity index (χ3v) is 4.06. The Morgan fingerprint density at radius 1 is 1.23 bits per heavy atom. The number of carbonyl (C=O) groups excluding carboxylic acids is 2. The first kappa shape index (κ1) is 16.3. The second-order valence-corrected chi connectivity index (χ2v) is 5.44.